The Labute approximate surface area is 158 Å². The average molecular weight is 368 g/mol. The second-order valence-electron chi connectivity index (χ2n) is 6.62. The predicted octanol–water partition coefficient (Wildman–Crippen LogP) is 4.36. The summed E-state index contributed by atoms with van der Waals surface area (Å²) in [4.78, 5) is 22.2. The van der Waals surface area contributed by atoms with Crippen LogP contribution in [0.25, 0.3) is 0 Å². The highest BCUT2D eigenvalue weighted by molar-refractivity contribution is 5.83. The lowest BCUT2D eigenvalue weighted by Gasteiger charge is -2.11. The Kier molecular flexibility index (Phi) is 17.0. The van der Waals surface area contributed by atoms with E-state index in [9.17, 15) is 9.59 Å². The molecule has 0 aliphatic carbocycles. The lowest BCUT2D eigenvalue weighted by Crippen LogP contribution is -2.43. The molecule has 26 heavy (non-hydrogen) atoms. The minimum absolute atomic E-state index is 0.308. The van der Waals surface area contributed by atoms with E-state index in [1.807, 2.05) is 0 Å². The van der Waals surface area contributed by atoms with Gasteiger partial charge in [0.05, 0.1) is 6.61 Å². The lowest BCUT2D eigenvalue weighted by molar-refractivity contribution is -0.142. The summed E-state index contributed by atoms with van der Waals surface area (Å²) in [5, 5.41) is 19.9. The van der Waals surface area contributed by atoms with Gasteiger partial charge in [0, 0.05) is 6.42 Å². The second-order valence-corrected chi connectivity index (χ2v) is 6.62. The molecule has 0 aromatic rings. The molecule has 0 aliphatic heterocycles. The summed E-state index contributed by atoms with van der Waals surface area (Å²) in [5.41, 5.74) is 0. The molecule has 5 nitrogen and oxygen atoms in total. The fourth-order valence-corrected chi connectivity index (χ4v) is 2.55. The van der Waals surface area contributed by atoms with Gasteiger partial charge in [-0.25, -0.2) is 4.79 Å². The molecule has 0 fully saturated rings. The van der Waals surface area contributed by atoms with Gasteiger partial charge in [-0.3, -0.25) is 4.79 Å². The second kappa shape index (κ2) is 18.2. The number of unbranched alkanes of at least 4 members (excludes halogenated alkanes) is 8. The van der Waals surface area contributed by atoms with Gasteiger partial charge >= 0.3 is 5.97 Å². The summed E-state index contributed by atoms with van der Waals surface area (Å²) in [7, 11) is 0. The number of aliphatic hydroxyl groups excluding tert-OH is 1. The summed E-state index contributed by atoms with van der Waals surface area (Å²) < 4.78 is 0. The molecule has 0 radical (unpaired) electrons. The topological polar surface area (TPSA) is 86.6 Å². The number of nitrogens with one attached hydrogen (secondary N) is 1. The number of allylic oxidation sites excluding steroid dienone is 4. The van der Waals surface area contributed by atoms with Crippen LogP contribution in [0, 0.1) is 0 Å². The zero-order valence-electron chi connectivity index (χ0n) is 16.3. The van der Waals surface area contributed by atoms with Crippen LogP contribution in [-0.4, -0.2) is 34.7 Å². The van der Waals surface area contributed by atoms with Crippen molar-refractivity contribution in [1.82, 2.24) is 5.32 Å². The molecule has 5 heteroatoms. The van der Waals surface area contributed by atoms with Crippen molar-refractivity contribution in [2.75, 3.05) is 6.61 Å². The quantitative estimate of drug-likeness (QED) is 0.263. The largest absolute Gasteiger partial charge is 0.480 e. The fourth-order valence-electron chi connectivity index (χ4n) is 2.55. The normalized spacial score (nSPS) is 12.7. The van der Waals surface area contributed by atoms with Crippen molar-refractivity contribution in [1.29, 1.82) is 0 Å². The van der Waals surface area contributed by atoms with Crippen molar-refractivity contribution in [3.8, 4) is 0 Å². The van der Waals surface area contributed by atoms with Crippen molar-refractivity contribution in [3.05, 3.63) is 24.3 Å². The molecule has 1 unspecified atom stereocenters. The molecule has 0 bridgehead atoms. The van der Waals surface area contributed by atoms with Crippen LogP contribution in [0.4, 0.5) is 0 Å². The number of carbonyl (C=O) groups excluding carboxylic acids is 1. The standard InChI is InChI=1S/C21H37NO4/c1-2-3-4-5-6-7-8-9-10-11-12-13-14-15-16-17-20(24)22-19(18-23)21(25)26/h6-7,9-10,19,23H,2-5,8,11-18H2,1H3,(H,22,24)(H,25,26)/b7-6+,10-9+. The molecule has 0 saturated heterocycles. The minimum atomic E-state index is -1.21. The Morgan fingerprint density at radius 2 is 1.46 bits per heavy atom. The highest BCUT2D eigenvalue weighted by Gasteiger charge is 2.17. The summed E-state index contributed by atoms with van der Waals surface area (Å²) in [6, 6.07) is -1.19. The van der Waals surface area contributed by atoms with Gasteiger partial charge in [-0.15, -0.1) is 0 Å². The van der Waals surface area contributed by atoms with Crippen molar-refractivity contribution >= 4 is 11.9 Å². The molecule has 1 amide bonds. The van der Waals surface area contributed by atoms with E-state index in [0.717, 1.165) is 44.9 Å². The van der Waals surface area contributed by atoms with Crippen molar-refractivity contribution in [2.24, 2.45) is 0 Å². The molecular formula is C21H37NO4. The molecule has 0 rings (SSSR count). The van der Waals surface area contributed by atoms with Crippen LogP contribution in [0.3, 0.4) is 0 Å². The number of hydrogen-bond donors (Lipinski definition) is 3. The maximum Gasteiger partial charge on any atom is 0.328 e. The third kappa shape index (κ3) is 15.9. The van der Waals surface area contributed by atoms with Crippen LogP contribution < -0.4 is 5.32 Å². The molecular weight excluding hydrogens is 330 g/mol. The third-order valence-corrected chi connectivity index (χ3v) is 4.17. The first kappa shape index (κ1) is 24.4. The Balaban J connectivity index is 3.44. The molecule has 150 valence electrons. The molecule has 0 heterocycles. The van der Waals surface area contributed by atoms with Crippen LogP contribution in [0.5, 0.6) is 0 Å². The minimum Gasteiger partial charge on any atom is -0.480 e. The van der Waals surface area contributed by atoms with Crippen molar-refractivity contribution < 1.29 is 19.8 Å². The SMILES string of the molecule is CCCCC/C=C/C/C=C/CCCCCCCC(=O)NC(CO)C(=O)O. The van der Waals surface area contributed by atoms with E-state index in [2.05, 4.69) is 36.5 Å². The predicted molar refractivity (Wildman–Crippen MR) is 106 cm³/mol. The van der Waals surface area contributed by atoms with E-state index in [0.29, 0.717) is 6.42 Å². The van der Waals surface area contributed by atoms with Crippen molar-refractivity contribution in [3.63, 3.8) is 0 Å². The molecule has 3 N–H and O–H groups in total. The van der Waals surface area contributed by atoms with Crippen molar-refractivity contribution in [2.45, 2.75) is 90.0 Å². The van der Waals surface area contributed by atoms with Gasteiger partial charge in [0.1, 0.15) is 6.04 Å². The number of amides is 1. The monoisotopic (exact) mass is 367 g/mol. The van der Waals surface area contributed by atoms with E-state index < -0.39 is 18.6 Å². The third-order valence-electron chi connectivity index (χ3n) is 4.17. The fraction of sp³-hybridized carbons (Fsp3) is 0.714. The number of rotatable bonds is 17. The van der Waals surface area contributed by atoms with Crippen LogP contribution >= 0.6 is 0 Å². The summed E-state index contributed by atoms with van der Waals surface area (Å²) in [6.07, 6.45) is 21.6. The smallest absolute Gasteiger partial charge is 0.328 e. The van der Waals surface area contributed by atoms with E-state index in [4.69, 9.17) is 10.2 Å². The summed E-state index contributed by atoms with van der Waals surface area (Å²) >= 11 is 0. The zero-order valence-corrected chi connectivity index (χ0v) is 16.3. The maximum atomic E-state index is 11.6. The number of carboxylic acids is 1. The summed E-state index contributed by atoms with van der Waals surface area (Å²) in [5.74, 6) is -1.52. The molecule has 1 atom stereocenters. The number of hydrogen-bond acceptors (Lipinski definition) is 3. The zero-order chi connectivity index (χ0) is 19.5. The van der Waals surface area contributed by atoms with Gasteiger partial charge in [-0.1, -0.05) is 63.3 Å². The average Bonchev–Trinajstić information content (AvgIpc) is 2.62. The molecule has 0 aliphatic rings. The Morgan fingerprint density at radius 1 is 0.885 bits per heavy atom. The van der Waals surface area contributed by atoms with E-state index in [1.165, 1.54) is 25.7 Å². The van der Waals surface area contributed by atoms with Gasteiger partial charge in [-0.05, 0) is 38.5 Å². The summed E-state index contributed by atoms with van der Waals surface area (Å²) in [6.45, 7) is 1.64. The Morgan fingerprint density at radius 3 is 2.04 bits per heavy atom. The number of aliphatic carboxylic acids is 1. The molecule has 0 aromatic heterocycles. The lowest BCUT2D eigenvalue weighted by atomic mass is 10.1. The van der Waals surface area contributed by atoms with Crippen LogP contribution in [0.15, 0.2) is 24.3 Å². The van der Waals surface area contributed by atoms with Gasteiger partial charge in [0.15, 0.2) is 0 Å². The highest BCUT2D eigenvalue weighted by Crippen LogP contribution is 2.08. The number of carbonyl (C=O) groups is 2. The number of aliphatic hydroxyl groups is 1. The maximum absolute atomic E-state index is 11.6. The van der Waals surface area contributed by atoms with Crippen LogP contribution in [0.2, 0.25) is 0 Å². The first-order valence-corrected chi connectivity index (χ1v) is 10.0. The highest BCUT2D eigenvalue weighted by atomic mass is 16.4. The van der Waals surface area contributed by atoms with Crippen LogP contribution in [-0.2, 0) is 9.59 Å². The van der Waals surface area contributed by atoms with E-state index in [1.54, 1.807) is 0 Å². The van der Waals surface area contributed by atoms with Gasteiger partial charge in [0.25, 0.3) is 0 Å². The Bertz CT molecular complexity index is 418. The van der Waals surface area contributed by atoms with Crippen LogP contribution in [0.1, 0.15) is 84.0 Å². The van der Waals surface area contributed by atoms with E-state index >= 15 is 0 Å². The van der Waals surface area contributed by atoms with E-state index in [-0.39, 0.29) is 5.91 Å². The number of carboxylic acid groups (broad SMARTS) is 1. The molecule has 0 spiro atoms. The van der Waals surface area contributed by atoms with Gasteiger partial charge in [-0.2, -0.15) is 0 Å². The van der Waals surface area contributed by atoms with Gasteiger partial charge in [0.2, 0.25) is 5.91 Å². The molecule has 0 aromatic carbocycles. The van der Waals surface area contributed by atoms with Gasteiger partial charge < -0.3 is 15.5 Å². The Hall–Kier alpha value is -1.62. The molecule has 0 saturated carbocycles. The first-order valence-electron chi connectivity index (χ1n) is 10.0. The first-order chi connectivity index (χ1) is 12.6.